The molecule has 6 heteroatoms. The topological polar surface area (TPSA) is 49.4 Å². The second kappa shape index (κ2) is 11.2. The first kappa shape index (κ1) is 24.5. The summed E-state index contributed by atoms with van der Waals surface area (Å²) in [7, 11) is 0. The van der Waals surface area contributed by atoms with Crippen LogP contribution in [0.4, 0.5) is 0 Å². The average Bonchev–Trinajstić information content (AvgIpc) is 2.87. The summed E-state index contributed by atoms with van der Waals surface area (Å²) in [6.45, 7) is 0.582. The van der Waals surface area contributed by atoms with Crippen LogP contribution < -0.4 is 5.32 Å². The van der Waals surface area contributed by atoms with Crippen molar-refractivity contribution in [2.75, 3.05) is 0 Å². The second-order valence-electron chi connectivity index (χ2n) is 10.0. The number of carbonyl (C=O) groups is 2. The molecule has 0 spiro atoms. The van der Waals surface area contributed by atoms with Crippen molar-refractivity contribution in [3.63, 3.8) is 0 Å². The number of benzene rings is 2. The highest BCUT2D eigenvalue weighted by Crippen LogP contribution is 2.42. The van der Waals surface area contributed by atoms with E-state index in [0.717, 1.165) is 41.7 Å². The third kappa shape index (κ3) is 5.95. The Morgan fingerprint density at radius 1 is 1.00 bits per heavy atom. The smallest absolute Gasteiger partial charge is 0.260 e. The average molecular weight is 509 g/mol. The molecule has 2 atom stereocenters. The van der Waals surface area contributed by atoms with Crippen molar-refractivity contribution in [2.45, 2.75) is 81.7 Å². The van der Waals surface area contributed by atoms with Gasteiger partial charge < -0.3 is 10.2 Å². The molecule has 1 N–H and O–H groups in total. The van der Waals surface area contributed by atoms with Gasteiger partial charge in [0.05, 0.1) is 4.91 Å². The molecule has 1 heterocycles. The molecule has 0 aromatic heterocycles. The fourth-order valence-corrected chi connectivity index (χ4v) is 7.28. The van der Waals surface area contributed by atoms with Crippen molar-refractivity contribution in [2.24, 2.45) is 0 Å². The highest BCUT2D eigenvalue weighted by molar-refractivity contribution is 8.04. The van der Waals surface area contributed by atoms with Gasteiger partial charge in [-0.25, -0.2) is 0 Å². The van der Waals surface area contributed by atoms with Gasteiger partial charge in [0, 0.05) is 34.5 Å². The van der Waals surface area contributed by atoms with Crippen LogP contribution in [-0.2, 0) is 11.3 Å². The van der Waals surface area contributed by atoms with Gasteiger partial charge in [-0.3, -0.25) is 9.59 Å². The lowest BCUT2D eigenvalue weighted by Gasteiger charge is -2.44. The first-order chi connectivity index (χ1) is 17.1. The van der Waals surface area contributed by atoms with Gasteiger partial charge in [0.1, 0.15) is 0 Å². The molecule has 1 saturated heterocycles. The van der Waals surface area contributed by atoms with Crippen LogP contribution in [0.3, 0.4) is 0 Å². The Bertz CT molecular complexity index is 1090. The molecular formula is C29H33ClN2O2S. The number of nitrogens with zero attached hydrogens (tertiary/aromatic N) is 1. The van der Waals surface area contributed by atoms with Gasteiger partial charge in [-0.15, -0.1) is 11.8 Å². The molecule has 2 amide bonds. The van der Waals surface area contributed by atoms with Crippen molar-refractivity contribution in [3.05, 3.63) is 75.1 Å². The molecule has 184 valence electrons. The quantitative estimate of drug-likeness (QED) is 0.450. The van der Waals surface area contributed by atoms with E-state index in [1.807, 2.05) is 54.6 Å². The van der Waals surface area contributed by atoms with E-state index in [-0.39, 0.29) is 17.9 Å². The summed E-state index contributed by atoms with van der Waals surface area (Å²) in [5, 5.41) is 4.30. The van der Waals surface area contributed by atoms with E-state index < -0.39 is 0 Å². The Labute approximate surface area is 217 Å². The monoisotopic (exact) mass is 508 g/mol. The molecular weight excluding hydrogens is 476 g/mol. The first-order valence-electron chi connectivity index (χ1n) is 12.9. The molecule has 2 saturated carbocycles. The minimum absolute atomic E-state index is 0.00281. The number of hydrogen-bond donors (Lipinski definition) is 1. The van der Waals surface area contributed by atoms with Gasteiger partial charge in [-0.1, -0.05) is 68.0 Å². The SMILES string of the molecule is O=C(NC1CCCCC1)c1ccc(/C=C2/SC3CCCCC3N(Cc3cccc(Cl)c3)C2=O)cc1. The lowest BCUT2D eigenvalue weighted by atomic mass is 9.92. The summed E-state index contributed by atoms with van der Waals surface area (Å²) in [6.07, 6.45) is 12.4. The first-order valence-corrected chi connectivity index (χ1v) is 14.2. The lowest BCUT2D eigenvalue weighted by molar-refractivity contribution is -0.130. The molecule has 0 radical (unpaired) electrons. The molecule has 0 bridgehead atoms. The zero-order valence-electron chi connectivity index (χ0n) is 20.0. The van der Waals surface area contributed by atoms with Crippen molar-refractivity contribution < 1.29 is 9.59 Å². The van der Waals surface area contributed by atoms with E-state index in [0.29, 0.717) is 28.4 Å². The van der Waals surface area contributed by atoms with E-state index in [1.54, 1.807) is 11.8 Å². The fourth-order valence-electron chi connectivity index (χ4n) is 5.59. The van der Waals surface area contributed by atoms with Crippen LogP contribution in [0.15, 0.2) is 53.4 Å². The molecule has 2 aromatic carbocycles. The standard InChI is InChI=1S/C29H33ClN2O2S/c30-23-8-6-7-21(17-23)19-32-25-11-4-5-12-26(25)35-27(29(32)34)18-20-13-15-22(16-14-20)28(33)31-24-9-2-1-3-10-24/h6-8,13-18,24-26H,1-5,9-12,19H2,(H,31,33)/b27-18+. The maximum atomic E-state index is 13.6. The maximum Gasteiger partial charge on any atom is 0.260 e. The van der Waals surface area contributed by atoms with Crippen LogP contribution in [0.25, 0.3) is 6.08 Å². The number of nitrogens with one attached hydrogen (secondary N) is 1. The summed E-state index contributed by atoms with van der Waals surface area (Å²) in [5.74, 6) is 0.0919. The number of fused-ring (bicyclic) bond motifs is 1. The van der Waals surface area contributed by atoms with Crippen LogP contribution in [0.5, 0.6) is 0 Å². The Morgan fingerprint density at radius 2 is 1.74 bits per heavy atom. The lowest BCUT2D eigenvalue weighted by Crippen LogP contribution is -2.50. The highest BCUT2D eigenvalue weighted by atomic mass is 35.5. The van der Waals surface area contributed by atoms with Crippen molar-refractivity contribution in [1.29, 1.82) is 0 Å². The van der Waals surface area contributed by atoms with E-state index in [9.17, 15) is 9.59 Å². The Morgan fingerprint density at radius 3 is 2.51 bits per heavy atom. The third-order valence-electron chi connectivity index (χ3n) is 7.47. The van der Waals surface area contributed by atoms with Gasteiger partial charge in [0.15, 0.2) is 0 Å². The molecule has 5 rings (SSSR count). The summed E-state index contributed by atoms with van der Waals surface area (Å²) in [4.78, 5) is 29.1. The normalized spacial score (nSPS) is 24.3. The van der Waals surface area contributed by atoms with E-state index in [1.165, 1.54) is 32.1 Å². The molecule has 2 aliphatic carbocycles. The largest absolute Gasteiger partial charge is 0.349 e. The minimum Gasteiger partial charge on any atom is -0.349 e. The molecule has 4 nitrogen and oxygen atoms in total. The zero-order valence-corrected chi connectivity index (χ0v) is 21.6. The number of rotatable bonds is 5. The van der Waals surface area contributed by atoms with E-state index in [2.05, 4.69) is 10.2 Å². The second-order valence-corrected chi connectivity index (χ2v) is 11.7. The van der Waals surface area contributed by atoms with Crippen LogP contribution in [0.1, 0.15) is 79.3 Å². The highest BCUT2D eigenvalue weighted by Gasteiger charge is 2.40. The van der Waals surface area contributed by atoms with Gasteiger partial charge >= 0.3 is 0 Å². The van der Waals surface area contributed by atoms with Crippen molar-refractivity contribution >= 4 is 41.3 Å². The molecule has 3 aliphatic rings. The van der Waals surface area contributed by atoms with Gasteiger partial charge in [-0.2, -0.15) is 0 Å². The van der Waals surface area contributed by atoms with Crippen LogP contribution in [-0.4, -0.2) is 34.0 Å². The summed E-state index contributed by atoms with van der Waals surface area (Å²) in [6, 6.07) is 16.0. The van der Waals surface area contributed by atoms with Gasteiger partial charge in [0.25, 0.3) is 11.8 Å². The van der Waals surface area contributed by atoms with Crippen LogP contribution >= 0.6 is 23.4 Å². The number of thioether (sulfide) groups is 1. The fraction of sp³-hybridized carbons (Fsp3) is 0.448. The predicted octanol–water partition coefficient (Wildman–Crippen LogP) is 6.83. The van der Waals surface area contributed by atoms with Crippen molar-refractivity contribution in [1.82, 2.24) is 10.2 Å². The summed E-state index contributed by atoms with van der Waals surface area (Å²) < 4.78 is 0. The zero-order chi connectivity index (χ0) is 24.2. The number of carbonyl (C=O) groups excluding carboxylic acids is 2. The molecule has 2 aromatic rings. The summed E-state index contributed by atoms with van der Waals surface area (Å²) in [5.41, 5.74) is 2.69. The Hall–Kier alpha value is -2.24. The van der Waals surface area contributed by atoms with Gasteiger partial charge in [-0.05, 0) is 67.2 Å². The Kier molecular flexibility index (Phi) is 7.84. The Balaban J connectivity index is 1.32. The minimum atomic E-state index is -0.00281. The molecule has 1 aliphatic heterocycles. The number of halogens is 1. The van der Waals surface area contributed by atoms with E-state index in [4.69, 9.17) is 11.6 Å². The summed E-state index contributed by atoms with van der Waals surface area (Å²) >= 11 is 7.95. The molecule has 35 heavy (non-hydrogen) atoms. The van der Waals surface area contributed by atoms with E-state index >= 15 is 0 Å². The number of amides is 2. The van der Waals surface area contributed by atoms with Crippen LogP contribution in [0, 0.1) is 0 Å². The van der Waals surface area contributed by atoms with Gasteiger partial charge in [0.2, 0.25) is 0 Å². The number of hydrogen-bond acceptors (Lipinski definition) is 3. The van der Waals surface area contributed by atoms with Crippen LogP contribution in [0.2, 0.25) is 5.02 Å². The third-order valence-corrected chi connectivity index (χ3v) is 9.11. The molecule has 3 fully saturated rings. The maximum absolute atomic E-state index is 13.6. The molecule has 2 unspecified atom stereocenters. The predicted molar refractivity (Wildman–Crippen MR) is 144 cm³/mol. The van der Waals surface area contributed by atoms with Crippen molar-refractivity contribution in [3.8, 4) is 0 Å².